The number of benzene rings is 1. The van der Waals surface area contributed by atoms with E-state index in [9.17, 15) is 28.8 Å². The molecular formula is C38H47N11O6. The van der Waals surface area contributed by atoms with Gasteiger partial charge in [0, 0.05) is 57.3 Å². The summed E-state index contributed by atoms with van der Waals surface area (Å²) in [5, 5.41) is 11.8. The highest BCUT2D eigenvalue weighted by atomic mass is 16.2. The predicted molar refractivity (Wildman–Crippen MR) is 200 cm³/mol. The fraction of sp³-hybridized carbons (Fsp3) is 0.553. The van der Waals surface area contributed by atoms with Crippen LogP contribution in [0.3, 0.4) is 0 Å². The topological polar surface area (TPSA) is 204 Å². The third-order valence-electron chi connectivity index (χ3n) is 11.9. The van der Waals surface area contributed by atoms with Gasteiger partial charge in [0.15, 0.2) is 11.5 Å². The first-order valence-electron chi connectivity index (χ1n) is 19.4. The van der Waals surface area contributed by atoms with Crippen LogP contribution in [0.5, 0.6) is 0 Å². The van der Waals surface area contributed by atoms with Crippen LogP contribution in [0.2, 0.25) is 0 Å². The molecule has 17 nitrogen and oxygen atoms in total. The Morgan fingerprint density at radius 2 is 1.62 bits per heavy atom. The number of nitrogens with zero attached hydrogens (tertiary/aromatic N) is 7. The third-order valence-corrected chi connectivity index (χ3v) is 11.9. The minimum atomic E-state index is -1.02. The Kier molecular flexibility index (Phi) is 10.2. The monoisotopic (exact) mass is 753 g/mol. The smallest absolute Gasteiger partial charge is 0.262 e. The van der Waals surface area contributed by atoms with Gasteiger partial charge in [-0.2, -0.15) is 0 Å². The molecule has 17 heteroatoms. The van der Waals surface area contributed by atoms with Crippen molar-refractivity contribution in [2.45, 2.75) is 76.4 Å². The maximum Gasteiger partial charge on any atom is 0.262 e. The van der Waals surface area contributed by atoms with E-state index in [4.69, 9.17) is 0 Å². The highest BCUT2D eigenvalue weighted by molar-refractivity contribution is 6.23. The minimum absolute atomic E-state index is 0.000228. The van der Waals surface area contributed by atoms with Gasteiger partial charge in [0.05, 0.1) is 24.0 Å². The second-order valence-electron chi connectivity index (χ2n) is 15.6. The lowest BCUT2D eigenvalue weighted by Crippen LogP contribution is -2.54. The zero-order valence-corrected chi connectivity index (χ0v) is 31.0. The van der Waals surface area contributed by atoms with Crippen LogP contribution in [0.25, 0.3) is 11.2 Å². The maximum atomic E-state index is 13.2. The summed E-state index contributed by atoms with van der Waals surface area (Å²) in [6, 6.07) is 4.19. The first kappa shape index (κ1) is 36.5. The van der Waals surface area contributed by atoms with Crippen LogP contribution in [0, 0.1) is 11.8 Å². The number of carbonyl (C=O) groups excluding carboxylic acids is 6. The van der Waals surface area contributed by atoms with E-state index in [-0.39, 0.29) is 54.4 Å². The summed E-state index contributed by atoms with van der Waals surface area (Å²) in [6.07, 6.45) is 9.42. The molecule has 3 aromatic rings. The van der Waals surface area contributed by atoms with Gasteiger partial charge in [0.25, 0.3) is 11.8 Å². The van der Waals surface area contributed by atoms with E-state index in [1.807, 2.05) is 11.2 Å². The van der Waals surface area contributed by atoms with Crippen molar-refractivity contribution in [3.63, 3.8) is 0 Å². The number of nitrogens with one attached hydrogen (secondary N) is 4. The Bertz CT molecular complexity index is 2010. The van der Waals surface area contributed by atoms with E-state index in [0.717, 1.165) is 86.6 Å². The molecule has 1 atom stereocenters. The van der Waals surface area contributed by atoms with Crippen molar-refractivity contribution in [1.82, 2.24) is 44.9 Å². The molecule has 0 bridgehead atoms. The quantitative estimate of drug-likeness (QED) is 0.206. The SMILES string of the molecule is CC(=O)NC1CC(n2cnc3c(NCC4CCN(CC5CCN(C(=O)CNc6ccc7c(c6)C(=O)N([C@H]6CCC(=O)NC6=O)C7=O)CC5)CC4)ncnc32)C1. The van der Waals surface area contributed by atoms with Crippen LogP contribution < -0.4 is 21.3 Å². The van der Waals surface area contributed by atoms with Gasteiger partial charge in [0.2, 0.25) is 23.6 Å². The number of piperidine rings is 3. The number of rotatable bonds is 11. The van der Waals surface area contributed by atoms with Crippen LogP contribution in [0.4, 0.5) is 11.5 Å². The molecule has 6 heterocycles. The van der Waals surface area contributed by atoms with Gasteiger partial charge >= 0.3 is 0 Å². The number of hydrogen-bond acceptors (Lipinski definition) is 12. The molecule has 5 aliphatic rings. The molecule has 0 spiro atoms. The fourth-order valence-electron chi connectivity index (χ4n) is 8.68. The van der Waals surface area contributed by atoms with Crippen molar-refractivity contribution in [3.05, 3.63) is 42.0 Å². The van der Waals surface area contributed by atoms with Crippen LogP contribution >= 0.6 is 0 Å². The van der Waals surface area contributed by atoms with Crippen molar-refractivity contribution in [2.24, 2.45) is 11.8 Å². The number of fused-ring (bicyclic) bond motifs is 2. The molecule has 4 fully saturated rings. The van der Waals surface area contributed by atoms with Gasteiger partial charge in [-0.1, -0.05) is 0 Å². The van der Waals surface area contributed by atoms with Crippen molar-refractivity contribution < 1.29 is 28.8 Å². The molecule has 0 radical (unpaired) electrons. The van der Waals surface area contributed by atoms with Gasteiger partial charge < -0.3 is 30.3 Å². The number of hydrogen-bond donors (Lipinski definition) is 4. The molecule has 3 saturated heterocycles. The van der Waals surface area contributed by atoms with Crippen LogP contribution in [0.1, 0.15) is 85.0 Å². The molecule has 6 amide bonds. The van der Waals surface area contributed by atoms with Gasteiger partial charge in [-0.05, 0) is 88.1 Å². The lowest BCUT2D eigenvalue weighted by molar-refractivity contribution is -0.136. The molecule has 290 valence electrons. The standard InChI is InChI=1S/C38H47N11O6/c1-22(50)44-26-14-27(15-26)48-21-43-33-34(41-20-42-35(33)48)40-17-23-6-10-46(11-7-23)19-24-8-12-47(13-9-24)32(52)18-39-25-2-3-28-29(16-25)38(55)49(37(28)54)30-4-5-31(51)45-36(30)53/h2-3,16,20-21,23-24,26-27,30,39H,4-15,17-19H2,1H3,(H,44,50)(H,40,41,42)(H,45,51,53)/t26?,27?,30-/m0/s1. The molecule has 0 unspecified atom stereocenters. The fourth-order valence-corrected chi connectivity index (χ4v) is 8.68. The van der Waals surface area contributed by atoms with Crippen LogP contribution in [0.15, 0.2) is 30.9 Å². The van der Waals surface area contributed by atoms with E-state index in [2.05, 4.69) is 45.7 Å². The van der Waals surface area contributed by atoms with E-state index < -0.39 is 29.7 Å². The number of anilines is 2. The Hall–Kier alpha value is -5.45. The Balaban J connectivity index is 0.745. The van der Waals surface area contributed by atoms with Crippen molar-refractivity contribution in [1.29, 1.82) is 0 Å². The molecule has 1 aliphatic carbocycles. The van der Waals surface area contributed by atoms with E-state index in [0.29, 0.717) is 30.6 Å². The average molecular weight is 754 g/mol. The summed E-state index contributed by atoms with van der Waals surface area (Å²) in [4.78, 5) is 93.6. The minimum Gasteiger partial charge on any atom is -0.376 e. The molecule has 8 rings (SSSR count). The van der Waals surface area contributed by atoms with Crippen LogP contribution in [-0.4, -0.2) is 128 Å². The first-order valence-corrected chi connectivity index (χ1v) is 19.4. The second-order valence-corrected chi connectivity index (χ2v) is 15.6. The average Bonchev–Trinajstić information content (AvgIpc) is 3.70. The predicted octanol–water partition coefficient (Wildman–Crippen LogP) is 1.54. The third kappa shape index (κ3) is 7.61. The summed E-state index contributed by atoms with van der Waals surface area (Å²) in [7, 11) is 0. The maximum absolute atomic E-state index is 13.2. The molecular weight excluding hydrogens is 706 g/mol. The van der Waals surface area contributed by atoms with Gasteiger partial charge in [-0.25, -0.2) is 15.0 Å². The van der Waals surface area contributed by atoms with Crippen molar-refractivity contribution in [2.75, 3.05) is 56.4 Å². The second kappa shape index (κ2) is 15.4. The zero-order chi connectivity index (χ0) is 38.2. The summed E-state index contributed by atoms with van der Waals surface area (Å²) in [5.41, 5.74) is 2.51. The molecule has 1 aromatic carbocycles. The molecule has 4 N–H and O–H groups in total. The van der Waals surface area contributed by atoms with E-state index in [1.54, 1.807) is 25.4 Å². The summed E-state index contributed by atoms with van der Waals surface area (Å²) in [5.74, 6) is -0.398. The van der Waals surface area contributed by atoms with Gasteiger partial charge in [-0.3, -0.25) is 39.0 Å². The number of amides is 6. The molecule has 55 heavy (non-hydrogen) atoms. The number of aromatic nitrogens is 4. The molecule has 2 aromatic heterocycles. The largest absolute Gasteiger partial charge is 0.376 e. The normalized spacial score (nSPS) is 23.8. The molecule has 4 aliphatic heterocycles. The number of carbonyl (C=O) groups is 6. The van der Waals surface area contributed by atoms with Crippen molar-refractivity contribution in [3.8, 4) is 0 Å². The summed E-state index contributed by atoms with van der Waals surface area (Å²) < 4.78 is 2.10. The van der Waals surface area contributed by atoms with Crippen LogP contribution in [-0.2, 0) is 19.2 Å². The number of likely N-dealkylation sites (tertiary alicyclic amines) is 2. The van der Waals surface area contributed by atoms with E-state index in [1.165, 1.54) is 6.07 Å². The molecule has 1 saturated carbocycles. The highest BCUT2D eigenvalue weighted by Crippen LogP contribution is 2.35. The highest BCUT2D eigenvalue weighted by Gasteiger charge is 2.44. The van der Waals surface area contributed by atoms with E-state index >= 15 is 0 Å². The number of imidazole rings is 1. The summed E-state index contributed by atoms with van der Waals surface area (Å²) >= 11 is 0. The Labute approximate surface area is 318 Å². The first-order chi connectivity index (χ1) is 26.6. The lowest BCUT2D eigenvalue weighted by Gasteiger charge is -2.37. The van der Waals surface area contributed by atoms with Gasteiger partial charge in [-0.15, -0.1) is 0 Å². The van der Waals surface area contributed by atoms with Crippen molar-refractivity contribution >= 4 is 58.1 Å². The lowest BCUT2D eigenvalue weighted by atomic mass is 9.86. The summed E-state index contributed by atoms with van der Waals surface area (Å²) in [6.45, 7) is 6.95. The Morgan fingerprint density at radius 1 is 0.873 bits per heavy atom. The zero-order valence-electron chi connectivity index (χ0n) is 31.0. The number of imide groups is 2. The Morgan fingerprint density at radius 3 is 2.36 bits per heavy atom. The van der Waals surface area contributed by atoms with Gasteiger partial charge in [0.1, 0.15) is 17.9 Å².